The van der Waals surface area contributed by atoms with Crippen molar-refractivity contribution in [2.45, 2.75) is 0 Å². The second-order valence-electron chi connectivity index (χ2n) is 4.19. The maximum Gasteiger partial charge on any atom is 0.116 e. The smallest absolute Gasteiger partial charge is 0.116 e. The maximum atomic E-state index is 4.69. The Kier molecular flexibility index (Phi) is 3.87. The van der Waals surface area contributed by atoms with Crippen LogP contribution < -0.4 is 0 Å². The van der Waals surface area contributed by atoms with E-state index in [1.807, 2.05) is 36.4 Å². The van der Waals surface area contributed by atoms with Crippen LogP contribution >= 0.6 is 12.2 Å². The molecule has 0 radical (unpaired) electrons. The minimum Gasteiger partial charge on any atom is -0.256 e. The number of aromatic nitrogens is 3. The van der Waals surface area contributed by atoms with Crippen LogP contribution in [-0.2, 0) is 0 Å². The van der Waals surface area contributed by atoms with Crippen LogP contribution in [-0.4, -0.2) is 20.1 Å². The third-order valence-electron chi connectivity index (χ3n) is 2.93. The Balaban J connectivity index is 2.23. The number of hydrogen-bond acceptors (Lipinski definition) is 5. The van der Waals surface area contributed by atoms with E-state index in [1.54, 1.807) is 24.7 Å². The summed E-state index contributed by atoms with van der Waals surface area (Å²) in [5, 5.41) is 2.38. The molecule has 0 bridgehead atoms. The van der Waals surface area contributed by atoms with Gasteiger partial charge >= 0.3 is 0 Å². The van der Waals surface area contributed by atoms with Gasteiger partial charge in [-0.3, -0.25) is 15.0 Å². The maximum absolute atomic E-state index is 4.69. The molecule has 0 spiro atoms. The standard InChI is InChI=1S/C16H10N4S/c21-11-20-14-7-4-10-19-16(14)15-12(5-3-9-18-15)13-6-1-2-8-17-13/h1-10H. The van der Waals surface area contributed by atoms with Gasteiger partial charge in [-0.2, -0.15) is 4.99 Å². The lowest BCUT2D eigenvalue weighted by Crippen LogP contribution is -1.93. The van der Waals surface area contributed by atoms with Crippen molar-refractivity contribution in [3.05, 3.63) is 61.1 Å². The average molecular weight is 290 g/mol. The molecular formula is C16H10N4S. The van der Waals surface area contributed by atoms with E-state index in [-0.39, 0.29) is 0 Å². The molecule has 4 nitrogen and oxygen atoms in total. The summed E-state index contributed by atoms with van der Waals surface area (Å²) in [6.07, 6.45) is 5.18. The predicted molar refractivity (Wildman–Crippen MR) is 85.4 cm³/mol. The van der Waals surface area contributed by atoms with Crippen LogP contribution in [0.1, 0.15) is 0 Å². The molecule has 3 heterocycles. The zero-order valence-corrected chi connectivity index (χ0v) is 11.8. The van der Waals surface area contributed by atoms with Gasteiger partial charge in [0.1, 0.15) is 17.1 Å². The largest absolute Gasteiger partial charge is 0.256 e. The molecule has 3 aromatic rings. The Morgan fingerprint density at radius 1 is 0.810 bits per heavy atom. The summed E-state index contributed by atoms with van der Waals surface area (Å²) in [5.41, 5.74) is 3.77. The van der Waals surface area contributed by atoms with E-state index in [9.17, 15) is 0 Å². The van der Waals surface area contributed by atoms with Gasteiger partial charge in [0.05, 0.1) is 10.9 Å². The lowest BCUT2D eigenvalue weighted by molar-refractivity contribution is 1.22. The number of aliphatic imine (C=N–C) groups is 1. The molecular weight excluding hydrogens is 280 g/mol. The molecule has 0 unspecified atom stereocenters. The van der Waals surface area contributed by atoms with Crippen LogP contribution in [0.4, 0.5) is 5.69 Å². The molecule has 0 aromatic carbocycles. The number of thiocarbonyl (C=S) groups is 1. The average Bonchev–Trinajstić information content (AvgIpc) is 2.57. The lowest BCUT2D eigenvalue weighted by Gasteiger charge is -2.08. The van der Waals surface area contributed by atoms with Gasteiger partial charge in [-0.05, 0) is 48.6 Å². The Hall–Kier alpha value is -2.75. The molecule has 3 rings (SSSR count). The van der Waals surface area contributed by atoms with E-state index in [0.29, 0.717) is 11.4 Å². The van der Waals surface area contributed by atoms with Gasteiger partial charge in [-0.1, -0.05) is 6.07 Å². The van der Waals surface area contributed by atoms with Crippen LogP contribution in [0.25, 0.3) is 22.6 Å². The summed E-state index contributed by atoms with van der Waals surface area (Å²) < 4.78 is 0. The summed E-state index contributed by atoms with van der Waals surface area (Å²) in [7, 11) is 0. The molecule has 0 fully saturated rings. The fourth-order valence-corrected chi connectivity index (χ4v) is 2.14. The highest BCUT2D eigenvalue weighted by Crippen LogP contribution is 2.32. The molecule has 0 saturated heterocycles. The fourth-order valence-electron chi connectivity index (χ4n) is 2.04. The first-order valence-electron chi connectivity index (χ1n) is 6.30. The van der Waals surface area contributed by atoms with Crippen molar-refractivity contribution in [2.24, 2.45) is 4.99 Å². The van der Waals surface area contributed by atoms with Crippen molar-refractivity contribution in [1.82, 2.24) is 15.0 Å². The third-order valence-corrected chi connectivity index (χ3v) is 3.02. The first kappa shape index (κ1) is 13.2. The van der Waals surface area contributed by atoms with Crippen molar-refractivity contribution in [2.75, 3.05) is 0 Å². The zero-order valence-electron chi connectivity index (χ0n) is 11.0. The molecule has 21 heavy (non-hydrogen) atoms. The minimum absolute atomic E-state index is 0.642. The lowest BCUT2D eigenvalue weighted by atomic mass is 10.1. The normalized spacial score (nSPS) is 9.90. The quantitative estimate of drug-likeness (QED) is 0.541. The van der Waals surface area contributed by atoms with Crippen LogP contribution in [0.2, 0.25) is 0 Å². The Morgan fingerprint density at radius 2 is 1.57 bits per heavy atom. The molecule has 0 aliphatic heterocycles. The van der Waals surface area contributed by atoms with Crippen LogP contribution in [0.5, 0.6) is 0 Å². The van der Waals surface area contributed by atoms with Crippen molar-refractivity contribution in [3.8, 4) is 22.6 Å². The molecule has 0 amide bonds. The molecule has 3 aromatic heterocycles. The number of nitrogens with zero attached hydrogens (tertiary/aromatic N) is 4. The number of pyridine rings is 3. The SMILES string of the molecule is S=C=Nc1cccnc1-c1ncccc1-c1ccccn1. The van der Waals surface area contributed by atoms with E-state index in [2.05, 4.69) is 25.1 Å². The summed E-state index contributed by atoms with van der Waals surface area (Å²) in [5.74, 6) is 0. The minimum atomic E-state index is 0.642. The summed E-state index contributed by atoms with van der Waals surface area (Å²) in [4.78, 5) is 17.3. The van der Waals surface area contributed by atoms with Gasteiger partial charge in [0, 0.05) is 24.2 Å². The summed E-state index contributed by atoms with van der Waals surface area (Å²) in [6.45, 7) is 0. The Labute approximate surface area is 127 Å². The van der Waals surface area contributed by atoms with E-state index in [4.69, 9.17) is 12.2 Å². The van der Waals surface area contributed by atoms with Gasteiger partial charge in [0.15, 0.2) is 0 Å². The summed E-state index contributed by atoms with van der Waals surface area (Å²) >= 11 is 4.69. The van der Waals surface area contributed by atoms with Crippen LogP contribution in [0, 0.1) is 0 Å². The van der Waals surface area contributed by atoms with Crippen molar-refractivity contribution in [3.63, 3.8) is 0 Å². The predicted octanol–water partition coefficient (Wildman–Crippen LogP) is 3.94. The molecule has 0 aliphatic rings. The van der Waals surface area contributed by atoms with Crippen LogP contribution in [0.3, 0.4) is 0 Å². The molecule has 0 atom stereocenters. The highest BCUT2D eigenvalue weighted by Gasteiger charge is 2.13. The Bertz CT molecular complexity index is 811. The zero-order chi connectivity index (χ0) is 14.5. The molecule has 0 saturated carbocycles. The van der Waals surface area contributed by atoms with Gasteiger partial charge in [-0.15, -0.1) is 0 Å². The molecule has 0 aliphatic carbocycles. The molecule has 100 valence electrons. The second-order valence-corrected chi connectivity index (χ2v) is 4.37. The Morgan fingerprint density at radius 3 is 2.33 bits per heavy atom. The van der Waals surface area contributed by atoms with E-state index >= 15 is 0 Å². The third kappa shape index (κ3) is 2.74. The van der Waals surface area contributed by atoms with Gasteiger partial charge in [-0.25, -0.2) is 0 Å². The van der Waals surface area contributed by atoms with Gasteiger partial charge in [0.2, 0.25) is 0 Å². The van der Waals surface area contributed by atoms with E-state index in [0.717, 1.165) is 17.0 Å². The second kappa shape index (κ2) is 6.13. The molecule has 0 N–H and O–H groups in total. The number of isothiocyanates is 1. The molecule has 5 heteroatoms. The number of rotatable bonds is 3. The summed E-state index contributed by atoms with van der Waals surface area (Å²) in [6, 6.07) is 13.2. The fraction of sp³-hybridized carbons (Fsp3) is 0. The van der Waals surface area contributed by atoms with Gasteiger partial charge in [0.25, 0.3) is 0 Å². The first-order chi connectivity index (χ1) is 10.4. The van der Waals surface area contributed by atoms with Crippen LogP contribution in [0.15, 0.2) is 66.0 Å². The van der Waals surface area contributed by atoms with E-state index < -0.39 is 0 Å². The van der Waals surface area contributed by atoms with E-state index in [1.165, 1.54) is 0 Å². The number of hydrogen-bond donors (Lipinski definition) is 0. The van der Waals surface area contributed by atoms with Crippen molar-refractivity contribution >= 4 is 23.1 Å². The monoisotopic (exact) mass is 290 g/mol. The first-order valence-corrected chi connectivity index (χ1v) is 6.70. The van der Waals surface area contributed by atoms with Crippen molar-refractivity contribution < 1.29 is 0 Å². The topological polar surface area (TPSA) is 51.0 Å². The van der Waals surface area contributed by atoms with Crippen molar-refractivity contribution in [1.29, 1.82) is 0 Å². The highest BCUT2D eigenvalue weighted by atomic mass is 32.1. The van der Waals surface area contributed by atoms with Gasteiger partial charge < -0.3 is 0 Å². The highest BCUT2D eigenvalue weighted by molar-refractivity contribution is 7.78.